The van der Waals surface area contributed by atoms with E-state index in [9.17, 15) is 0 Å². The molecule has 0 saturated heterocycles. The molecule has 0 aromatic carbocycles. The van der Waals surface area contributed by atoms with Crippen LogP contribution in [0.4, 0.5) is 0 Å². The van der Waals surface area contributed by atoms with Crippen LogP contribution in [0, 0.1) is 11.3 Å². The summed E-state index contributed by atoms with van der Waals surface area (Å²) in [6, 6.07) is 0. The van der Waals surface area contributed by atoms with Crippen LogP contribution in [0.15, 0.2) is 12.7 Å². The zero-order chi connectivity index (χ0) is 13.9. The van der Waals surface area contributed by atoms with Gasteiger partial charge in [0, 0.05) is 19.6 Å². The van der Waals surface area contributed by atoms with E-state index in [1.807, 2.05) is 6.08 Å². The Kier molecular flexibility index (Phi) is 10.4. The van der Waals surface area contributed by atoms with Crippen LogP contribution in [0.3, 0.4) is 0 Å². The van der Waals surface area contributed by atoms with Gasteiger partial charge in [-0.25, -0.2) is 0 Å². The minimum atomic E-state index is 0.111. The Hall–Kier alpha value is -0.340. The third-order valence-corrected chi connectivity index (χ3v) is 3.74. The average Bonchev–Trinajstić information content (AvgIpc) is 2.35. The van der Waals surface area contributed by atoms with E-state index >= 15 is 0 Å². The highest BCUT2D eigenvalue weighted by atomic mass is 16.5. The zero-order valence-electron chi connectivity index (χ0n) is 12.8. The van der Waals surface area contributed by atoms with Gasteiger partial charge in [-0.05, 0) is 18.8 Å². The summed E-state index contributed by atoms with van der Waals surface area (Å²) in [6.07, 6.45) is 9.31. The molecule has 0 aliphatic rings. The number of rotatable bonds is 12. The molecule has 1 unspecified atom stereocenters. The van der Waals surface area contributed by atoms with Crippen molar-refractivity contribution in [2.45, 2.75) is 52.4 Å². The minimum absolute atomic E-state index is 0.111. The SMILES string of the molecule is C=CCC(COC)(COC)CC(CC)CCCC. The molecule has 0 aliphatic carbocycles. The van der Waals surface area contributed by atoms with Crippen LogP contribution in [-0.2, 0) is 9.47 Å². The molecule has 0 aromatic rings. The first kappa shape index (κ1) is 17.7. The normalized spacial score (nSPS) is 13.6. The standard InChI is InChI=1S/C16H32O2/c1-6-9-10-15(8-3)12-16(11-7-2,13-17-4)14-18-5/h7,15H,2,6,8-14H2,1,3-5H3. The van der Waals surface area contributed by atoms with Crippen molar-refractivity contribution in [2.24, 2.45) is 11.3 Å². The van der Waals surface area contributed by atoms with Crippen molar-refractivity contribution in [3.05, 3.63) is 12.7 Å². The highest BCUT2D eigenvalue weighted by Crippen LogP contribution is 2.35. The van der Waals surface area contributed by atoms with Gasteiger partial charge in [0.1, 0.15) is 0 Å². The van der Waals surface area contributed by atoms with Crippen LogP contribution < -0.4 is 0 Å². The van der Waals surface area contributed by atoms with Crippen molar-refractivity contribution < 1.29 is 9.47 Å². The maximum absolute atomic E-state index is 5.43. The summed E-state index contributed by atoms with van der Waals surface area (Å²) in [5.74, 6) is 0.773. The maximum Gasteiger partial charge on any atom is 0.0543 e. The Morgan fingerprint density at radius 2 is 1.78 bits per heavy atom. The van der Waals surface area contributed by atoms with Gasteiger partial charge in [-0.2, -0.15) is 0 Å². The molecule has 0 amide bonds. The highest BCUT2D eigenvalue weighted by molar-refractivity contribution is 4.88. The van der Waals surface area contributed by atoms with Crippen molar-refractivity contribution in [2.75, 3.05) is 27.4 Å². The number of hydrogen-bond acceptors (Lipinski definition) is 2. The lowest BCUT2D eigenvalue weighted by Gasteiger charge is -2.35. The molecule has 0 heterocycles. The summed E-state index contributed by atoms with van der Waals surface area (Å²) >= 11 is 0. The lowest BCUT2D eigenvalue weighted by atomic mass is 9.75. The Bertz CT molecular complexity index is 195. The Balaban J connectivity index is 4.63. The predicted octanol–water partition coefficient (Wildman–Crippen LogP) is 4.45. The number of unbranched alkanes of at least 4 members (excludes halogenated alkanes) is 1. The molecule has 0 fully saturated rings. The Labute approximate surface area is 114 Å². The Morgan fingerprint density at radius 1 is 1.17 bits per heavy atom. The van der Waals surface area contributed by atoms with Crippen LogP contribution in [0.1, 0.15) is 52.4 Å². The van der Waals surface area contributed by atoms with Crippen LogP contribution in [0.5, 0.6) is 0 Å². The largest absolute Gasteiger partial charge is 0.384 e. The van der Waals surface area contributed by atoms with Gasteiger partial charge in [0.25, 0.3) is 0 Å². The molecule has 1 atom stereocenters. The number of methoxy groups -OCH3 is 2. The predicted molar refractivity (Wildman–Crippen MR) is 78.9 cm³/mol. The summed E-state index contributed by atoms with van der Waals surface area (Å²) in [7, 11) is 3.56. The quantitative estimate of drug-likeness (QED) is 0.480. The van der Waals surface area contributed by atoms with Gasteiger partial charge in [-0.15, -0.1) is 6.58 Å². The lowest BCUT2D eigenvalue weighted by Crippen LogP contribution is -2.33. The number of hydrogen-bond donors (Lipinski definition) is 0. The van der Waals surface area contributed by atoms with E-state index in [1.165, 1.54) is 32.1 Å². The third kappa shape index (κ3) is 6.55. The zero-order valence-corrected chi connectivity index (χ0v) is 12.8. The summed E-state index contributed by atoms with van der Waals surface area (Å²) in [6.45, 7) is 9.96. The second-order valence-electron chi connectivity index (χ2n) is 5.48. The van der Waals surface area contributed by atoms with Crippen LogP contribution in [0.2, 0.25) is 0 Å². The molecule has 2 heteroatoms. The second kappa shape index (κ2) is 10.6. The van der Waals surface area contributed by atoms with E-state index in [1.54, 1.807) is 14.2 Å². The summed E-state index contributed by atoms with van der Waals surface area (Å²) in [5, 5.41) is 0. The van der Waals surface area contributed by atoms with E-state index in [-0.39, 0.29) is 5.41 Å². The second-order valence-corrected chi connectivity index (χ2v) is 5.48. The summed E-state index contributed by atoms with van der Waals surface area (Å²) in [4.78, 5) is 0. The van der Waals surface area contributed by atoms with Crippen LogP contribution in [0.25, 0.3) is 0 Å². The molecule has 0 aliphatic heterocycles. The Morgan fingerprint density at radius 3 is 2.17 bits per heavy atom. The molecule has 0 bridgehead atoms. The lowest BCUT2D eigenvalue weighted by molar-refractivity contribution is -0.00547. The summed E-state index contributed by atoms with van der Waals surface area (Å²) < 4.78 is 10.9. The molecular formula is C16H32O2. The van der Waals surface area contributed by atoms with Crippen molar-refractivity contribution >= 4 is 0 Å². The number of allylic oxidation sites excluding steroid dienone is 1. The van der Waals surface area contributed by atoms with Crippen molar-refractivity contribution in [1.82, 2.24) is 0 Å². The van der Waals surface area contributed by atoms with Gasteiger partial charge in [0.2, 0.25) is 0 Å². The molecule has 18 heavy (non-hydrogen) atoms. The van der Waals surface area contributed by atoms with Gasteiger partial charge >= 0.3 is 0 Å². The third-order valence-electron chi connectivity index (χ3n) is 3.74. The van der Waals surface area contributed by atoms with Gasteiger partial charge in [0.05, 0.1) is 13.2 Å². The molecule has 0 aromatic heterocycles. The smallest absolute Gasteiger partial charge is 0.0543 e. The first-order valence-corrected chi connectivity index (χ1v) is 7.26. The monoisotopic (exact) mass is 256 g/mol. The first-order valence-electron chi connectivity index (χ1n) is 7.26. The van der Waals surface area contributed by atoms with E-state index in [4.69, 9.17) is 9.47 Å². The van der Waals surface area contributed by atoms with Gasteiger partial charge in [-0.3, -0.25) is 0 Å². The molecule has 0 rings (SSSR count). The van der Waals surface area contributed by atoms with Gasteiger partial charge in [-0.1, -0.05) is 45.6 Å². The fourth-order valence-corrected chi connectivity index (χ4v) is 2.83. The van der Waals surface area contributed by atoms with Gasteiger partial charge in [0.15, 0.2) is 0 Å². The maximum atomic E-state index is 5.43. The van der Waals surface area contributed by atoms with Crippen molar-refractivity contribution in [3.8, 4) is 0 Å². The molecule has 2 nitrogen and oxygen atoms in total. The fraction of sp³-hybridized carbons (Fsp3) is 0.875. The molecular weight excluding hydrogens is 224 g/mol. The topological polar surface area (TPSA) is 18.5 Å². The van der Waals surface area contributed by atoms with E-state index < -0.39 is 0 Å². The van der Waals surface area contributed by atoms with Crippen LogP contribution in [-0.4, -0.2) is 27.4 Å². The average molecular weight is 256 g/mol. The minimum Gasteiger partial charge on any atom is -0.384 e. The molecule has 0 spiro atoms. The molecule has 0 saturated carbocycles. The molecule has 108 valence electrons. The van der Waals surface area contributed by atoms with E-state index in [0.29, 0.717) is 0 Å². The molecule has 0 radical (unpaired) electrons. The van der Waals surface area contributed by atoms with Crippen LogP contribution >= 0.6 is 0 Å². The molecule has 0 N–H and O–H groups in total. The highest BCUT2D eigenvalue weighted by Gasteiger charge is 2.31. The van der Waals surface area contributed by atoms with E-state index in [0.717, 1.165) is 25.6 Å². The van der Waals surface area contributed by atoms with E-state index in [2.05, 4.69) is 20.4 Å². The first-order chi connectivity index (χ1) is 8.67. The van der Waals surface area contributed by atoms with Gasteiger partial charge < -0.3 is 9.47 Å². The fourth-order valence-electron chi connectivity index (χ4n) is 2.83. The summed E-state index contributed by atoms with van der Waals surface area (Å²) in [5.41, 5.74) is 0.111. The van der Waals surface area contributed by atoms with Crippen molar-refractivity contribution in [3.63, 3.8) is 0 Å². The number of ether oxygens (including phenoxy) is 2. The van der Waals surface area contributed by atoms with Crippen molar-refractivity contribution in [1.29, 1.82) is 0 Å².